The first-order valence-electron chi connectivity index (χ1n) is 9.42. The lowest BCUT2D eigenvalue weighted by Gasteiger charge is -2.29. The van der Waals surface area contributed by atoms with Crippen molar-refractivity contribution in [2.75, 3.05) is 19.5 Å². The number of anilines is 1. The first-order valence-corrected chi connectivity index (χ1v) is 9.42. The Morgan fingerprint density at radius 3 is 2.09 bits per heavy atom. The van der Waals surface area contributed by atoms with Crippen LogP contribution >= 0.6 is 0 Å². The van der Waals surface area contributed by atoms with E-state index in [1.807, 2.05) is 13.1 Å². The fraction of sp³-hybridized carbons (Fsp3) is 0.714. The van der Waals surface area contributed by atoms with Crippen molar-refractivity contribution in [2.24, 2.45) is 11.8 Å². The number of hydrogen-bond acceptors (Lipinski definition) is 2. The topological polar surface area (TPSA) is 21.3 Å². The lowest BCUT2D eigenvalue weighted by molar-refractivity contribution is 0.224. The van der Waals surface area contributed by atoms with E-state index in [0.717, 1.165) is 23.3 Å². The highest BCUT2D eigenvalue weighted by atomic mass is 16.5. The third-order valence-electron chi connectivity index (χ3n) is 5.26. The Kier molecular flexibility index (Phi) is 9.13. The molecule has 0 aromatic heterocycles. The van der Waals surface area contributed by atoms with Gasteiger partial charge in [0.05, 0.1) is 7.11 Å². The van der Waals surface area contributed by atoms with Crippen LogP contribution in [0.3, 0.4) is 0 Å². The Hall–Kier alpha value is -1.18. The minimum atomic E-state index is 0. The maximum Gasteiger partial charge on any atom is 0.124 e. The molecule has 0 bridgehead atoms. The lowest BCUT2D eigenvalue weighted by atomic mass is 9.77. The molecule has 2 atom stereocenters. The van der Waals surface area contributed by atoms with E-state index in [2.05, 4.69) is 45.1 Å². The van der Waals surface area contributed by atoms with Gasteiger partial charge < -0.3 is 10.1 Å². The molecule has 1 aromatic carbocycles. The Morgan fingerprint density at radius 2 is 1.70 bits per heavy atom. The van der Waals surface area contributed by atoms with E-state index in [0.29, 0.717) is 5.92 Å². The van der Waals surface area contributed by atoms with Gasteiger partial charge in [-0.25, -0.2) is 0 Å². The van der Waals surface area contributed by atoms with Gasteiger partial charge in [-0.1, -0.05) is 72.3 Å². The number of hydrogen-bond donors (Lipinski definition) is 1. The van der Waals surface area contributed by atoms with Crippen molar-refractivity contribution in [1.82, 2.24) is 0 Å². The van der Waals surface area contributed by atoms with Gasteiger partial charge in [-0.15, -0.1) is 0 Å². The van der Waals surface area contributed by atoms with Crippen LogP contribution in [0.25, 0.3) is 0 Å². The number of benzene rings is 1. The zero-order valence-electron chi connectivity index (χ0n) is 16.1. The summed E-state index contributed by atoms with van der Waals surface area (Å²) in [5.41, 5.74) is 2.34. The quantitative estimate of drug-likeness (QED) is 0.650. The van der Waals surface area contributed by atoms with E-state index >= 15 is 0 Å². The smallest absolute Gasteiger partial charge is 0.124 e. The van der Waals surface area contributed by atoms with Crippen LogP contribution in [0.1, 0.15) is 79.1 Å². The average molecular weight is 322 g/mol. The molecule has 1 N–H and O–H groups in total. The molecule has 2 rings (SSSR count). The molecule has 0 heterocycles. The van der Waals surface area contributed by atoms with Gasteiger partial charge in [0.2, 0.25) is 0 Å². The standard InChI is InChI=1S/C11H17NO.C10H20.H2/c1-8(2)10-6-5-9(12-3)7-11(10)13-4;1-3-9-7-5-6-8-10(9)4-2;/h5-8,12H,1-4H3;9-10H,3-8H2,1-2H3;1H/t;9-,10?;/m.0./s1. The molecule has 1 saturated carbocycles. The monoisotopic (exact) mass is 321 g/mol. The minimum Gasteiger partial charge on any atom is -0.496 e. The summed E-state index contributed by atoms with van der Waals surface area (Å²) in [4.78, 5) is 0. The molecular weight excluding hydrogens is 282 g/mol. The van der Waals surface area contributed by atoms with E-state index in [4.69, 9.17) is 4.74 Å². The summed E-state index contributed by atoms with van der Waals surface area (Å²) < 4.78 is 5.31. The second kappa shape index (κ2) is 10.6. The Labute approximate surface area is 145 Å². The SMILES string of the molecule is CCC1CCCC[C@@H]1CC.CNc1ccc(C(C)C)c(OC)c1.[HH]. The highest BCUT2D eigenvalue weighted by Gasteiger charge is 2.21. The summed E-state index contributed by atoms with van der Waals surface area (Å²) in [5, 5.41) is 3.09. The van der Waals surface area contributed by atoms with Crippen molar-refractivity contribution in [1.29, 1.82) is 0 Å². The zero-order valence-corrected chi connectivity index (χ0v) is 16.1. The zero-order chi connectivity index (χ0) is 17.2. The lowest BCUT2D eigenvalue weighted by Crippen LogP contribution is -2.17. The Bertz CT molecular complexity index is 435. The van der Waals surface area contributed by atoms with Crippen molar-refractivity contribution < 1.29 is 6.16 Å². The van der Waals surface area contributed by atoms with Crippen LogP contribution < -0.4 is 10.1 Å². The predicted molar refractivity (Wildman–Crippen MR) is 105 cm³/mol. The van der Waals surface area contributed by atoms with Gasteiger partial charge in [0, 0.05) is 20.2 Å². The second-order valence-electron chi connectivity index (χ2n) is 6.98. The summed E-state index contributed by atoms with van der Waals surface area (Å²) in [5.74, 6) is 3.60. The van der Waals surface area contributed by atoms with Gasteiger partial charge in [0.25, 0.3) is 0 Å². The number of nitrogens with one attached hydrogen (secondary N) is 1. The van der Waals surface area contributed by atoms with Crippen LogP contribution in [0.4, 0.5) is 5.69 Å². The van der Waals surface area contributed by atoms with Gasteiger partial charge in [-0.3, -0.25) is 0 Å². The van der Waals surface area contributed by atoms with Crippen molar-refractivity contribution in [2.45, 2.75) is 72.1 Å². The fourth-order valence-electron chi connectivity index (χ4n) is 3.70. The summed E-state index contributed by atoms with van der Waals surface area (Å²) in [6, 6.07) is 6.20. The van der Waals surface area contributed by atoms with Gasteiger partial charge in [-0.2, -0.15) is 0 Å². The molecule has 0 amide bonds. The van der Waals surface area contributed by atoms with Crippen molar-refractivity contribution in [3.05, 3.63) is 23.8 Å². The van der Waals surface area contributed by atoms with Crippen molar-refractivity contribution >= 4 is 5.69 Å². The average Bonchev–Trinajstić information content (AvgIpc) is 2.61. The second-order valence-corrected chi connectivity index (χ2v) is 6.98. The molecule has 0 aliphatic heterocycles. The van der Waals surface area contributed by atoms with E-state index < -0.39 is 0 Å². The molecule has 0 radical (unpaired) electrons. The van der Waals surface area contributed by atoms with Crippen LogP contribution in [-0.4, -0.2) is 14.2 Å². The molecule has 1 fully saturated rings. The first-order chi connectivity index (χ1) is 11.1. The molecule has 1 aliphatic rings. The van der Waals surface area contributed by atoms with Crippen molar-refractivity contribution in [3.63, 3.8) is 0 Å². The van der Waals surface area contributed by atoms with Crippen LogP contribution in [0.15, 0.2) is 18.2 Å². The molecule has 1 aliphatic carbocycles. The molecule has 1 aromatic rings. The van der Waals surface area contributed by atoms with Crippen LogP contribution in [0, 0.1) is 11.8 Å². The summed E-state index contributed by atoms with van der Waals surface area (Å²) in [6.45, 7) is 9.02. The van der Waals surface area contributed by atoms with Crippen LogP contribution in [-0.2, 0) is 0 Å². The van der Waals surface area contributed by atoms with Gasteiger partial charge >= 0.3 is 0 Å². The number of methoxy groups -OCH3 is 1. The summed E-state index contributed by atoms with van der Waals surface area (Å²) in [7, 11) is 3.62. The first kappa shape index (κ1) is 19.9. The van der Waals surface area contributed by atoms with Gasteiger partial charge in [0.15, 0.2) is 0 Å². The molecule has 2 heteroatoms. The Balaban J connectivity index is 0.000000436. The number of ether oxygens (including phenoxy) is 1. The van der Waals surface area contributed by atoms with Gasteiger partial charge in [-0.05, 0) is 29.4 Å². The van der Waals surface area contributed by atoms with Crippen LogP contribution in [0.5, 0.6) is 5.75 Å². The van der Waals surface area contributed by atoms with E-state index in [9.17, 15) is 0 Å². The third kappa shape index (κ3) is 6.08. The van der Waals surface area contributed by atoms with Gasteiger partial charge in [0.1, 0.15) is 5.75 Å². The summed E-state index contributed by atoms with van der Waals surface area (Å²) >= 11 is 0. The van der Waals surface area contributed by atoms with E-state index in [1.165, 1.54) is 44.1 Å². The molecule has 134 valence electrons. The molecule has 0 spiro atoms. The molecule has 0 saturated heterocycles. The predicted octanol–water partition coefficient (Wildman–Crippen LogP) is 6.72. The summed E-state index contributed by atoms with van der Waals surface area (Å²) in [6.07, 6.45) is 8.84. The highest BCUT2D eigenvalue weighted by molar-refractivity contribution is 5.52. The molecule has 1 unspecified atom stereocenters. The minimum absolute atomic E-state index is 0. The van der Waals surface area contributed by atoms with Crippen molar-refractivity contribution in [3.8, 4) is 5.75 Å². The Morgan fingerprint density at radius 1 is 1.13 bits per heavy atom. The number of rotatable bonds is 5. The van der Waals surface area contributed by atoms with E-state index in [-0.39, 0.29) is 1.43 Å². The normalized spacial score (nSPS) is 20.7. The van der Waals surface area contributed by atoms with Crippen LogP contribution in [0.2, 0.25) is 0 Å². The maximum atomic E-state index is 5.31. The van der Waals surface area contributed by atoms with E-state index in [1.54, 1.807) is 7.11 Å². The molecule has 23 heavy (non-hydrogen) atoms. The third-order valence-corrected chi connectivity index (χ3v) is 5.26. The molecule has 2 nitrogen and oxygen atoms in total. The maximum absolute atomic E-state index is 5.31. The fourth-order valence-corrected chi connectivity index (χ4v) is 3.70. The largest absolute Gasteiger partial charge is 0.496 e. The molecular formula is C21H39NO. The highest BCUT2D eigenvalue weighted by Crippen LogP contribution is 2.33.